The van der Waals surface area contributed by atoms with Gasteiger partial charge in [0, 0.05) is 12.1 Å². The predicted octanol–water partition coefficient (Wildman–Crippen LogP) is 10.4. The minimum absolute atomic E-state index is 0.118. The molecule has 0 radical (unpaired) electrons. The number of benzene rings is 3. The van der Waals surface area contributed by atoms with Gasteiger partial charge in [-0.25, -0.2) is 26.3 Å². The lowest BCUT2D eigenvalue weighted by Gasteiger charge is -2.29. The Kier molecular flexibility index (Phi) is 8.61. The average Bonchev–Trinajstić information content (AvgIpc) is 2.82. The highest BCUT2D eigenvalue weighted by Crippen LogP contribution is 2.42. The van der Waals surface area contributed by atoms with Crippen molar-refractivity contribution in [3.05, 3.63) is 88.0 Å². The Balaban J connectivity index is 1.61. The summed E-state index contributed by atoms with van der Waals surface area (Å²) in [6, 6.07) is 2.07. The van der Waals surface area contributed by atoms with Crippen LogP contribution in [0.2, 0.25) is 0 Å². The largest absolute Gasteiger partial charge is 0.432 e. The maximum Gasteiger partial charge on any atom is 0.432 e. The average molecular weight is 596 g/mol. The second-order valence-corrected chi connectivity index (χ2v) is 10.1. The molecule has 1 fully saturated rings. The van der Waals surface area contributed by atoms with Crippen LogP contribution in [0.15, 0.2) is 36.4 Å². The summed E-state index contributed by atoms with van der Waals surface area (Å²) in [6.45, 7) is 2.07. The normalized spacial score (nSPS) is 18.0. The molecule has 0 aliphatic heterocycles. The highest BCUT2D eigenvalue weighted by atomic mass is 19.4. The molecule has 0 N–H and O–H groups in total. The Morgan fingerprint density at radius 1 is 0.659 bits per heavy atom. The summed E-state index contributed by atoms with van der Waals surface area (Å²) in [6.07, 6.45) is -5.20. The lowest BCUT2D eigenvalue weighted by atomic mass is 9.77. The zero-order valence-corrected chi connectivity index (χ0v) is 21.4. The van der Waals surface area contributed by atoms with Crippen molar-refractivity contribution in [2.24, 2.45) is 5.92 Å². The first kappa shape index (κ1) is 30.6. The van der Waals surface area contributed by atoms with Gasteiger partial charge in [0.1, 0.15) is 51.8 Å². The third-order valence-corrected chi connectivity index (χ3v) is 7.25. The molecule has 4 rings (SSSR count). The lowest BCUT2D eigenvalue weighted by molar-refractivity contribution is -0.189. The molecule has 1 nitrogen and oxygen atoms in total. The molecule has 0 atom stereocenters. The summed E-state index contributed by atoms with van der Waals surface area (Å²) in [5.74, 6) is -12.1. The van der Waals surface area contributed by atoms with E-state index in [-0.39, 0.29) is 30.2 Å². The standard InChI is InChI=1S/C29H23F11O/c1-2-3-14-4-6-15(7-5-14)16-8-19(30)25(20(31)9-16)17-10-21(32)27(22(33)11-17)29(39,40)41-18-12-23(34)26(24(35)13-18)28(36,37)38/h8-15H,2-7H2,1H3. The van der Waals surface area contributed by atoms with Gasteiger partial charge in [0.2, 0.25) is 0 Å². The van der Waals surface area contributed by atoms with Crippen molar-refractivity contribution in [3.63, 3.8) is 0 Å². The van der Waals surface area contributed by atoms with Gasteiger partial charge < -0.3 is 4.74 Å². The first-order valence-corrected chi connectivity index (χ1v) is 12.7. The third-order valence-electron chi connectivity index (χ3n) is 7.25. The Hall–Kier alpha value is -3.31. The fraction of sp³-hybridized carbons (Fsp3) is 0.379. The zero-order valence-electron chi connectivity index (χ0n) is 21.4. The van der Waals surface area contributed by atoms with Crippen LogP contribution in [-0.2, 0) is 12.3 Å². The smallest absolute Gasteiger partial charge is 0.429 e. The summed E-state index contributed by atoms with van der Waals surface area (Å²) < 4.78 is 159. The van der Waals surface area contributed by atoms with E-state index in [1.54, 1.807) is 0 Å². The van der Waals surface area contributed by atoms with Crippen molar-refractivity contribution in [1.82, 2.24) is 0 Å². The molecule has 0 bridgehead atoms. The van der Waals surface area contributed by atoms with E-state index in [0.717, 1.165) is 37.8 Å². The first-order valence-electron chi connectivity index (χ1n) is 12.7. The first-order chi connectivity index (χ1) is 19.1. The van der Waals surface area contributed by atoms with Gasteiger partial charge in [-0.3, -0.25) is 0 Å². The number of alkyl halides is 5. The van der Waals surface area contributed by atoms with Crippen LogP contribution in [0.5, 0.6) is 5.75 Å². The summed E-state index contributed by atoms with van der Waals surface area (Å²) in [4.78, 5) is 0. The maximum absolute atomic E-state index is 15.0. The molecule has 0 saturated heterocycles. The Labute approximate surface area is 227 Å². The van der Waals surface area contributed by atoms with Crippen LogP contribution < -0.4 is 4.74 Å². The Bertz CT molecular complexity index is 1350. The van der Waals surface area contributed by atoms with Crippen LogP contribution in [0.4, 0.5) is 48.3 Å². The van der Waals surface area contributed by atoms with Gasteiger partial charge in [0.25, 0.3) is 0 Å². The van der Waals surface area contributed by atoms with E-state index in [0.29, 0.717) is 24.3 Å². The summed E-state index contributed by atoms with van der Waals surface area (Å²) in [5, 5.41) is 0. The Morgan fingerprint density at radius 2 is 1.15 bits per heavy atom. The van der Waals surface area contributed by atoms with Gasteiger partial charge in [-0.1, -0.05) is 19.8 Å². The highest BCUT2D eigenvalue weighted by molar-refractivity contribution is 5.66. The monoisotopic (exact) mass is 596 g/mol. The molecule has 1 aliphatic rings. The number of rotatable bonds is 7. The number of hydrogen-bond donors (Lipinski definition) is 0. The molecule has 0 amide bonds. The van der Waals surface area contributed by atoms with E-state index in [4.69, 9.17) is 0 Å². The van der Waals surface area contributed by atoms with Crippen LogP contribution in [0.25, 0.3) is 11.1 Å². The van der Waals surface area contributed by atoms with E-state index in [9.17, 15) is 39.5 Å². The molecule has 12 heteroatoms. The fourth-order valence-corrected chi connectivity index (χ4v) is 5.37. The van der Waals surface area contributed by atoms with Gasteiger partial charge in [-0.15, -0.1) is 0 Å². The van der Waals surface area contributed by atoms with Gasteiger partial charge in [-0.05, 0) is 72.9 Å². The molecule has 3 aromatic rings. The summed E-state index contributed by atoms with van der Waals surface area (Å²) >= 11 is 0. The molecule has 0 aromatic heterocycles. The minimum Gasteiger partial charge on any atom is -0.429 e. The second-order valence-electron chi connectivity index (χ2n) is 10.1. The van der Waals surface area contributed by atoms with Crippen molar-refractivity contribution in [2.75, 3.05) is 0 Å². The van der Waals surface area contributed by atoms with Crippen molar-refractivity contribution in [3.8, 4) is 16.9 Å². The SMILES string of the molecule is CCCC1CCC(c2cc(F)c(-c3cc(F)c(C(F)(F)Oc4cc(F)c(C(F)(F)F)c(F)c4)c(F)c3)c(F)c2)CC1. The Morgan fingerprint density at radius 3 is 1.61 bits per heavy atom. The molecular formula is C29H23F11O. The summed E-state index contributed by atoms with van der Waals surface area (Å²) in [7, 11) is 0. The van der Waals surface area contributed by atoms with Gasteiger partial charge >= 0.3 is 12.3 Å². The molecule has 1 saturated carbocycles. The highest BCUT2D eigenvalue weighted by Gasteiger charge is 2.43. The number of halogens is 11. The van der Waals surface area contributed by atoms with Crippen molar-refractivity contribution in [2.45, 2.75) is 63.7 Å². The van der Waals surface area contributed by atoms with Crippen LogP contribution in [0, 0.1) is 40.8 Å². The van der Waals surface area contributed by atoms with Crippen LogP contribution in [0.3, 0.4) is 0 Å². The van der Waals surface area contributed by atoms with Crippen molar-refractivity contribution in [1.29, 1.82) is 0 Å². The third kappa shape index (κ3) is 6.46. The molecular weight excluding hydrogens is 573 g/mol. The van der Waals surface area contributed by atoms with Gasteiger partial charge in [-0.2, -0.15) is 22.0 Å². The van der Waals surface area contributed by atoms with E-state index < -0.39 is 75.2 Å². The van der Waals surface area contributed by atoms with Crippen LogP contribution in [0.1, 0.15) is 68.1 Å². The van der Waals surface area contributed by atoms with E-state index in [1.165, 1.54) is 0 Å². The molecule has 1 aliphatic carbocycles. The minimum atomic E-state index is -5.50. The molecule has 41 heavy (non-hydrogen) atoms. The van der Waals surface area contributed by atoms with Crippen molar-refractivity contribution >= 4 is 0 Å². The number of ether oxygens (including phenoxy) is 1. The van der Waals surface area contributed by atoms with E-state index in [2.05, 4.69) is 11.7 Å². The van der Waals surface area contributed by atoms with E-state index in [1.807, 2.05) is 0 Å². The zero-order chi connectivity index (χ0) is 30.3. The van der Waals surface area contributed by atoms with Crippen LogP contribution >= 0.6 is 0 Å². The van der Waals surface area contributed by atoms with Crippen LogP contribution in [-0.4, -0.2) is 0 Å². The molecule has 0 spiro atoms. The fourth-order valence-electron chi connectivity index (χ4n) is 5.37. The van der Waals surface area contributed by atoms with Crippen molar-refractivity contribution < 1.29 is 53.0 Å². The predicted molar refractivity (Wildman–Crippen MR) is 127 cm³/mol. The molecule has 3 aromatic carbocycles. The number of hydrogen-bond acceptors (Lipinski definition) is 1. The van der Waals surface area contributed by atoms with Gasteiger partial charge in [0.15, 0.2) is 0 Å². The lowest BCUT2D eigenvalue weighted by Crippen LogP contribution is -2.25. The van der Waals surface area contributed by atoms with Gasteiger partial charge in [0.05, 0.1) is 5.56 Å². The quantitative estimate of drug-likeness (QED) is 0.247. The summed E-state index contributed by atoms with van der Waals surface area (Å²) in [5.41, 5.74) is -5.72. The van der Waals surface area contributed by atoms with E-state index >= 15 is 8.78 Å². The molecule has 0 heterocycles. The molecule has 222 valence electrons. The molecule has 0 unspecified atom stereocenters. The topological polar surface area (TPSA) is 9.23 Å². The maximum atomic E-state index is 15.0. The second kappa shape index (κ2) is 11.5.